The first-order valence-electron chi connectivity index (χ1n) is 10.8. The van der Waals surface area contributed by atoms with Crippen LogP contribution in [0.4, 0.5) is 0 Å². The van der Waals surface area contributed by atoms with Crippen molar-refractivity contribution in [1.82, 2.24) is 14.7 Å². The van der Waals surface area contributed by atoms with Crippen molar-refractivity contribution in [2.45, 2.75) is 31.8 Å². The number of nitrogens with zero attached hydrogens (tertiary/aromatic N) is 3. The highest BCUT2D eigenvalue weighted by Crippen LogP contribution is 2.22. The molecule has 7 heteroatoms. The van der Waals surface area contributed by atoms with Crippen molar-refractivity contribution in [3.8, 4) is 0 Å². The number of amides is 2. The fourth-order valence-corrected chi connectivity index (χ4v) is 4.75. The molecule has 0 bridgehead atoms. The molecule has 158 valence electrons. The fraction of sp³-hybridized carbons (Fsp3) is 0.636. The molecule has 1 aromatic rings. The number of carbonyl (C=O) groups excluding carboxylic acids is 2. The summed E-state index contributed by atoms with van der Waals surface area (Å²) in [7, 11) is 0. The first-order valence-corrected chi connectivity index (χ1v) is 11.2. The van der Waals surface area contributed by atoms with Gasteiger partial charge in [0.1, 0.15) is 0 Å². The number of halogens is 1. The first-order chi connectivity index (χ1) is 14.1. The van der Waals surface area contributed by atoms with Crippen LogP contribution in [0.1, 0.15) is 36.0 Å². The van der Waals surface area contributed by atoms with Crippen LogP contribution >= 0.6 is 11.6 Å². The van der Waals surface area contributed by atoms with Crippen molar-refractivity contribution in [1.29, 1.82) is 0 Å². The Morgan fingerprint density at radius 1 is 0.966 bits per heavy atom. The van der Waals surface area contributed by atoms with Crippen LogP contribution in [0, 0.1) is 5.92 Å². The van der Waals surface area contributed by atoms with E-state index in [-0.39, 0.29) is 17.7 Å². The van der Waals surface area contributed by atoms with Crippen LogP contribution in [0.25, 0.3) is 0 Å². The molecule has 3 aliphatic rings. The zero-order chi connectivity index (χ0) is 20.2. The summed E-state index contributed by atoms with van der Waals surface area (Å²) >= 11 is 5.92. The predicted octanol–water partition coefficient (Wildman–Crippen LogP) is 2.52. The van der Waals surface area contributed by atoms with Crippen molar-refractivity contribution >= 4 is 23.4 Å². The van der Waals surface area contributed by atoms with E-state index in [0.29, 0.717) is 29.8 Å². The lowest BCUT2D eigenvalue weighted by atomic mass is 9.95. The number of piperazine rings is 1. The smallest absolute Gasteiger partial charge is 0.253 e. The van der Waals surface area contributed by atoms with Gasteiger partial charge in [-0.15, -0.1) is 0 Å². The third-order valence-corrected chi connectivity index (χ3v) is 6.57. The first kappa shape index (κ1) is 20.6. The molecule has 3 aliphatic heterocycles. The second-order valence-corrected chi connectivity index (χ2v) is 8.79. The number of ether oxygens (including phenoxy) is 1. The van der Waals surface area contributed by atoms with Crippen LogP contribution in [0.15, 0.2) is 24.3 Å². The van der Waals surface area contributed by atoms with Gasteiger partial charge in [0.2, 0.25) is 5.91 Å². The molecule has 4 rings (SSSR count). The molecule has 0 saturated carbocycles. The summed E-state index contributed by atoms with van der Waals surface area (Å²) in [5.74, 6) is 0.0978. The van der Waals surface area contributed by atoms with Gasteiger partial charge in [-0.1, -0.05) is 11.6 Å². The second kappa shape index (κ2) is 9.45. The van der Waals surface area contributed by atoms with Gasteiger partial charge in [0, 0.05) is 63.0 Å². The standard InChI is InChI=1S/C22H30ClN3O3/c23-19-7-5-17(6-8-19)21(27)26-9-1-3-18(15-26)22(28)25-12-10-24(11-13-25)16-20-4-2-14-29-20/h5-8,18,20H,1-4,9-16H2/t18-,20-/m0/s1. The molecule has 2 atom stereocenters. The Balaban J connectivity index is 1.28. The Morgan fingerprint density at radius 3 is 2.41 bits per heavy atom. The van der Waals surface area contributed by atoms with Gasteiger partial charge in [-0.2, -0.15) is 0 Å². The Bertz CT molecular complexity index is 713. The van der Waals surface area contributed by atoms with Crippen molar-refractivity contribution in [3.63, 3.8) is 0 Å². The largest absolute Gasteiger partial charge is 0.377 e. The third-order valence-electron chi connectivity index (χ3n) is 6.32. The van der Waals surface area contributed by atoms with Crippen LogP contribution in [0.3, 0.4) is 0 Å². The zero-order valence-corrected chi connectivity index (χ0v) is 17.6. The lowest BCUT2D eigenvalue weighted by molar-refractivity contribution is -0.138. The van der Waals surface area contributed by atoms with E-state index in [1.165, 1.54) is 0 Å². The summed E-state index contributed by atoms with van der Waals surface area (Å²) in [4.78, 5) is 32.1. The maximum atomic E-state index is 13.1. The van der Waals surface area contributed by atoms with Gasteiger partial charge < -0.3 is 14.5 Å². The maximum Gasteiger partial charge on any atom is 0.253 e. The highest BCUT2D eigenvalue weighted by Gasteiger charge is 2.33. The normalized spacial score (nSPS) is 26.0. The quantitative estimate of drug-likeness (QED) is 0.752. The van der Waals surface area contributed by atoms with Crippen LogP contribution in [0.5, 0.6) is 0 Å². The SMILES string of the molecule is O=C(c1ccc(Cl)cc1)N1CCC[C@H](C(=O)N2CCN(C[C@@H]3CCCO3)CC2)C1. The summed E-state index contributed by atoms with van der Waals surface area (Å²) in [5.41, 5.74) is 0.630. The molecule has 0 aromatic heterocycles. The van der Waals surface area contributed by atoms with Crippen LogP contribution in [-0.2, 0) is 9.53 Å². The summed E-state index contributed by atoms with van der Waals surface area (Å²) in [6, 6.07) is 6.97. The summed E-state index contributed by atoms with van der Waals surface area (Å²) in [6.07, 6.45) is 4.41. The molecule has 3 saturated heterocycles. The number of rotatable bonds is 4. The van der Waals surface area contributed by atoms with E-state index < -0.39 is 0 Å². The topological polar surface area (TPSA) is 53.1 Å². The Hall–Kier alpha value is -1.63. The predicted molar refractivity (Wildman–Crippen MR) is 112 cm³/mol. The van der Waals surface area contributed by atoms with Gasteiger partial charge in [-0.25, -0.2) is 0 Å². The fourth-order valence-electron chi connectivity index (χ4n) is 4.62. The lowest BCUT2D eigenvalue weighted by Crippen LogP contribution is -2.53. The maximum absolute atomic E-state index is 13.1. The number of hydrogen-bond donors (Lipinski definition) is 0. The van der Waals surface area contributed by atoms with Gasteiger partial charge in [-0.05, 0) is 49.9 Å². The molecule has 0 aliphatic carbocycles. The van der Waals surface area contributed by atoms with E-state index in [1.807, 2.05) is 9.80 Å². The molecule has 0 unspecified atom stereocenters. The minimum absolute atomic E-state index is 0.0134. The molecular formula is C22H30ClN3O3. The summed E-state index contributed by atoms with van der Waals surface area (Å²) in [5, 5.41) is 0.617. The van der Waals surface area contributed by atoms with E-state index in [2.05, 4.69) is 4.90 Å². The lowest BCUT2D eigenvalue weighted by Gasteiger charge is -2.39. The minimum Gasteiger partial charge on any atom is -0.377 e. The number of carbonyl (C=O) groups is 2. The Morgan fingerprint density at radius 2 is 1.72 bits per heavy atom. The second-order valence-electron chi connectivity index (χ2n) is 8.36. The van der Waals surface area contributed by atoms with E-state index in [9.17, 15) is 9.59 Å². The van der Waals surface area contributed by atoms with Crippen molar-refractivity contribution in [2.75, 3.05) is 52.4 Å². The zero-order valence-electron chi connectivity index (χ0n) is 16.9. The Kier molecular flexibility index (Phi) is 6.73. The molecule has 0 radical (unpaired) electrons. The Labute approximate surface area is 177 Å². The number of benzene rings is 1. The monoisotopic (exact) mass is 419 g/mol. The average Bonchev–Trinajstić information content (AvgIpc) is 3.27. The third kappa shape index (κ3) is 5.11. The molecule has 3 fully saturated rings. The van der Waals surface area contributed by atoms with Crippen molar-refractivity contribution < 1.29 is 14.3 Å². The molecule has 0 spiro atoms. The molecule has 3 heterocycles. The van der Waals surface area contributed by atoms with Gasteiger partial charge >= 0.3 is 0 Å². The molecule has 6 nitrogen and oxygen atoms in total. The van der Waals surface area contributed by atoms with Gasteiger partial charge in [0.15, 0.2) is 0 Å². The molecule has 1 aromatic carbocycles. The van der Waals surface area contributed by atoms with Gasteiger partial charge in [-0.3, -0.25) is 14.5 Å². The van der Waals surface area contributed by atoms with Crippen LogP contribution in [-0.4, -0.2) is 85.0 Å². The highest BCUT2D eigenvalue weighted by atomic mass is 35.5. The molecular weight excluding hydrogens is 390 g/mol. The average molecular weight is 420 g/mol. The van der Waals surface area contributed by atoms with Crippen molar-refractivity contribution in [3.05, 3.63) is 34.9 Å². The van der Waals surface area contributed by atoms with E-state index >= 15 is 0 Å². The summed E-state index contributed by atoms with van der Waals surface area (Å²) < 4.78 is 5.74. The van der Waals surface area contributed by atoms with Gasteiger partial charge in [0.05, 0.1) is 12.0 Å². The van der Waals surface area contributed by atoms with Crippen LogP contribution < -0.4 is 0 Å². The molecule has 2 amide bonds. The molecule has 29 heavy (non-hydrogen) atoms. The van der Waals surface area contributed by atoms with Crippen LogP contribution in [0.2, 0.25) is 5.02 Å². The van der Waals surface area contributed by atoms with Gasteiger partial charge in [0.25, 0.3) is 5.91 Å². The number of piperidine rings is 1. The minimum atomic E-state index is -0.0929. The van der Waals surface area contributed by atoms with Crippen molar-refractivity contribution in [2.24, 2.45) is 5.92 Å². The molecule has 0 N–H and O–H groups in total. The summed E-state index contributed by atoms with van der Waals surface area (Å²) in [6.45, 7) is 6.44. The van der Waals surface area contributed by atoms with E-state index in [1.54, 1.807) is 24.3 Å². The highest BCUT2D eigenvalue weighted by molar-refractivity contribution is 6.30. The number of likely N-dealkylation sites (tertiary alicyclic amines) is 1. The number of hydrogen-bond acceptors (Lipinski definition) is 4. The van der Waals surface area contributed by atoms with E-state index in [0.717, 1.165) is 65.0 Å². The van der Waals surface area contributed by atoms with E-state index in [4.69, 9.17) is 16.3 Å².